The van der Waals surface area contributed by atoms with Gasteiger partial charge in [0.2, 0.25) is 13.1 Å². The number of aromatic carboxylic acids is 1. The summed E-state index contributed by atoms with van der Waals surface area (Å²) in [7, 11) is 0. The third kappa shape index (κ3) is 3.75. The lowest BCUT2D eigenvalue weighted by molar-refractivity contribution is -0.277. The molecule has 13 heteroatoms. The average molecular weight is 490 g/mol. The van der Waals surface area contributed by atoms with E-state index in [9.17, 15) is 40.7 Å². The number of anilines is 1. The molecule has 2 heterocycles. The van der Waals surface area contributed by atoms with Crippen LogP contribution in [0.2, 0.25) is 0 Å². The molecule has 5 atom stereocenters. The van der Waals surface area contributed by atoms with Gasteiger partial charge in [0.15, 0.2) is 11.5 Å². The number of fused-ring (bicyclic) bond motifs is 5. The molecule has 0 amide bonds. The van der Waals surface area contributed by atoms with Crippen LogP contribution < -0.4 is 24.5 Å². The van der Waals surface area contributed by atoms with Crippen molar-refractivity contribution in [3.8, 4) is 17.2 Å². The molecule has 186 valence electrons. The number of carbonyl (C=O) groups is 1. The number of rotatable bonds is 5. The summed E-state index contributed by atoms with van der Waals surface area (Å²) in [5.41, 5.74) is -0.637. The van der Waals surface area contributed by atoms with Crippen molar-refractivity contribution in [3.63, 3.8) is 0 Å². The van der Waals surface area contributed by atoms with E-state index in [1.165, 1.54) is 24.3 Å². The van der Waals surface area contributed by atoms with E-state index in [0.29, 0.717) is 10.8 Å². The van der Waals surface area contributed by atoms with Gasteiger partial charge in [-0.15, -0.1) is 5.23 Å². The Labute approximate surface area is 196 Å². The molecule has 35 heavy (non-hydrogen) atoms. The lowest BCUT2D eigenvalue weighted by Gasteiger charge is -2.39. The van der Waals surface area contributed by atoms with Crippen LogP contribution in [-0.4, -0.2) is 80.9 Å². The van der Waals surface area contributed by atoms with Crippen molar-refractivity contribution in [3.05, 3.63) is 35.9 Å². The third-order valence-electron chi connectivity index (χ3n) is 6.04. The maximum absolute atomic E-state index is 11.9. The fourth-order valence-corrected chi connectivity index (χ4v) is 4.35. The van der Waals surface area contributed by atoms with E-state index < -0.39 is 43.3 Å². The molecule has 0 unspecified atom stereocenters. The van der Waals surface area contributed by atoms with Gasteiger partial charge in [-0.2, -0.15) is 0 Å². The average Bonchev–Trinajstić information content (AvgIpc) is 3.31. The summed E-state index contributed by atoms with van der Waals surface area (Å²) in [6, 6.07) is 6.92. The van der Waals surface area contributed by atoms with Crippen molar-refractivity contribution < 1.29 is 59.7 Å². The highest BCUT2D eigenvalue weighted by Crippen LogP contribution is 2.48. The minimum Gasteiger partial charge on any atom is -0.545 e. The summed E-state index contributed by atoms with van der Waals surface area (Å²) in [4.78, 5) is 11.9. The Morgan fingerprint density at radius 2 is 1.83 bits per heavy atom. The highest BCUT2D eigenvalue weighted by Gasteiger charge is 2.44. The Bertz CT molecular complexity index is 1310. The van der Waals surface area contributed by atoms with Crippen LogP contribution in [0.15, 0.2) is 30.3 Å². The Hall–Kier alpha value is -3.43. The number of nitrogens with zero attached hydrogens (tertiary/aromatic N) is 1. The summed E-state index contributed by atoms with van der Waals surface area (Å²) in [5, 5.41) is 71.8. The number of aliphatic hydroxyl groups is 4. The molecule has 0 bridgehead atoms. The number of carboxylic acids is 1. The van der Waals surface area contributed by atoms with Crippen molar-refractivity contribution in [2.45, 2.75) is 30.7 Å². The van der Waals surface area contributed by atoms with E-state index in [-0.39, 0.29) is 51.3 Å². The molecule has 2 aliphatic rings. The van der Waals surface area contributed by atoms with Crippen LogP contribution >= 0.6 is 0 Å². The highest BCUT2D eigenvalue weighted by molar-refractivity contribution is 6.22. The summed E-state index contributed by atoms with van der Waals surface area (Å²) >= 11 is 0. The molecular weight excluding hydrogens is 470 g/mol. The summed E-state index contributed by atoms with van der Waals surface area (Å²) in [5.74, 6) is -1.22. The number of hydrogen-bond acceptors (Lipinski definition) is 13. The predicted octanol–water partition coefficient (Wildman–Crippen LogP) is -1.15. The molecule has 0 aromatic heterocycles. The molecule has 3 aromatic rings. The molecule has 0 spiro atoms. The molecule has 1 fully saturated rings. The van der Waals surface area contributed by atoms with Crippen LogP contribution in [-0.2, 0) is 4.74 Å². The van der Waals surface area contributed by atoms with Crippen molar-refractivity contribution in [2.24, 2.45) is 0 Å². The van der Waals surface area contributed by atoms with Gasteiger partial charge in [0.05, 0.1) is 12.6 Å². The second-order valence-electron chi connectivity index (χ2n) is 8.08. The van der Waals surface area contributed by atoms with Gasteiger partial charge < -0.3 is 49.3 Å². The third-order valence-corrected chi connectivity index (χ3v) is 6.04. The number of aliphatic hydroxyl groups excluding tert-OH is 4. The first-order valence-corrected chi connectivity index (χ1v) is 10.4. The Morgan fingerprint density at radius 1 is 1.06 bits per heavy atom. The molecule has 1 saturated heterocycles. The zero-order chi connectivity index (χ0) is 25.0. The van der Waals surface area contributed by atoms with E-state index in [1.54, 1.807) is 0 Å². The Morgan fingerprint density at radius 3 is 2.51 bits per heavy atom. The van der Waals surface area contributed by atoms with Crippen LogP contribution in [0.25, 0.3) is 21.5 Å². The normalized spacial score (nSPS) is 25.7. The molecule has 6 N–H and O–H groups in total. The van der Waals surface area contributed by atoms with E-state index in [2.05, 4.69) is 0 Å². The van der Waals surface area contributed by atoms with E-state index >= 15 is 0 Å². The molecule has 2 aliphatic heterocycles. The molecule has 13 nitrogen and oxygen atoms in total. The first-order valence-electron chi connectivity index (χ1n) is 10.4. The number of ether oxygens (including phenoxy) is 4. The lowest BCUT2D eigenvalue weighted by Crippen LogP contribution is -2.60. The second kappa shape index (κ2) is 8.66. The van der Waals surface area contributed by atoms with Crippen LogP contribution in [0.5, 0.6) is 17.2 Å². The summed E-state index contributed by atoms with van der Waals surface area (Å²) in [6.45, 7) is -0.833. The van der Waals surface area contributed by atoms with Gasteiger partial charge in [-0.05, 0) is 35.0 Å². The quantitative estimate of drug-likeness (QED) is 0.185. The molecular formula is C22H20NO12-. The number of carbonyl (C=O) groups excluding carboxylic acids is 1. The minimum absolute atomic E-state index is 0.100. The maximum Gasteiger partial charge on any atom is 0.231 e. The summed E-state index contributed by atoms with van der Waals surface area (Å²) in [6.07, 6.45) is -7.49. The van der Waals surface area contributed by atoms with Gasteiger partial charge in [0.25, 0.3) is 0 Å². The van der Waals surface area contributed by atoms with Crippen molar-refractivity contribution >= 4 is 33.2 Å². The van der Waals surface area contributed by atoms with Gasteiger partial charge in [-0.3, -0.25) is 10.4 Å². The Kier molecular flexibility index (Phi) is 5.77. The molecule has 5 rings (SSSR count). The highest BCUT2D eigenvalue weighted by atomic mass is 16.8. The number of benzene rings is 3. The fraction of sp³-hybridized carbons (Fsp3) is 0.318. The van der Waals surface area contributed by atoms with Crippen LogP contribution in [0.4, 0.5) is 5.69 Å². The first-order chi connectivity index (χ1) is 16.7. The number of carboxylic acid groups (broad SMARTS) is 1. The fourth-order valence-electron chi connectivity index (χ4n) is 4.35. The van der Waals surface area contributed by atoms with E-state index in [0.717, 1.165) is 6.07 Å². The van der Waals surface area contributed by atoms with E-state index in [1.807, 2.05) is 0 Å². The molecule has 0 saturated carbocycles. The maximum atomic E-state index is 11.9. The second-order valence-corrected chi connectivity index (χ2v) is 8.08. The van der Waals surface area contributed by atoms with Crippen LogP contribution in [0, 0.1) is 0 Å². The van der Waals surface area contributed by atoms with Crippen LogP contribution in [0.3, 0.4) is 0 Å². The summed E-state index contributed by atoms with van der Waals surface area (Å²) < 4.78 is 21.9. The standard InChI is InChI=1S/C22H21NO12/c24-6-14-17(25)18(26)19(27)22(35-14)34-9-2-1-8-3-12(23(30)31)15-11(21(28)29)5-13-20(33-7-32-13)16(15)10(8)4-9/h1-5,14,17-19,22,24-27,30-31H,6-7H2,(H,28,29)/p-1/t14-,17-,18+,19-,22-/m1/s1. The lowest BCUT2D eigenvalue weighted by atomic mass is 9.95. The largest absolute Gasteiger partial charge is 0.545 e. The minimum atomic E-state index is -1.65. The monoisotopic (exact) mass is 490 g/mol. The van der Waals surface area contributed by atoms with Gasteiger partial charge in [0, 0.05) is 16.3 Å². The van der Waals surface area contributed by atoms with Crippen molar-refractivity contribution in [1.82, 2.24) is 0 Å². The van der Waals surface area contributed by atoms with Crippen molar-refractivity contribution in [1.29, 1.82) is 0 Å². The molecule has 0 radical (unpaired) electrons. The number of hydrogen-bond donors (Lipinski definition) is 6. The van der Waals surface area contributed by atoms with Gasteiger partial charge >= 0.3 is 0 Å². The van der Waals surface area contributed by atoms with Gasteiger partial charge in [-0.25, -0.2) is 0 Å². The topological polar surface area (TPSA) is 202 Å². The molecule has 3 aromatic carbocycles. The van der Waals surface area contributed by atoms with Crippen molar-refractivity contribution in [2.75, 3.05) is 18.6 Å². The smallest absolute Gasteiger partial charge is 0.231 e. The van der Waals surface area contributed by atoms with Gasteiger partial charge in [0.1, 0.15) is 35.9 Å². The first kappa shape index (κ1) is 23.3. The van der Waals surface area contributed by atoms with Gasteiger partial charge in [-0.1, -0.05) is 6.07 Å². The zero-order valence-corrected chi connectivity index (χ0v) is 17.8. The Balaban J connectivity index is 1.68. The molecule has 0 aliphatic carbocycles. The predicted molar refractivity (Wildman–Crippen MR) is 112 cm³/mol. The van der Waals surface area contributed by atoms with Crippen LogP contribution in [0.1, 0.15) is 10.4 Å². The van der Waals surface area contributed by atoms with E-state index in [4.69, 9.17) is 18.9 Å². The SMILES string of the molecule is O=C([O-])c1cc2c(c3c1c(N(O)O)cc1ccc(O[C@@H]4O[C@H](CO)[C@@H](O)[C@H](O)[C@H]4O)cc13)OCO2. The zero-order valence-electron chi connectivity index (χ0n) is 17.8.